The molecule has 0 saturated carbocycles. The van der Waals surface area contributed by atoms with Crippen molar-refractivity contribution in [1.29, 1.82) is 5.26 Å². The third-order valence-corrected chi connectivity index (χ3v) is 6.68. The maximum absolute atomic E-state index is 13.3. The molecule has 4 heterocycles. The smallest absolute Gasteiger partial charge is 0.235 e. The molecule has 6 atom stereocenters. The third-order valence-electron chi connectivity index (χ3n) is 6.36. The van der Waals surface area contributed by atoms with Gasteiger partial charge in [0.25, 0.3) is 0 Å². The predicted octanol–water partition coefficient (Wildman–Crippen LogP) is 1.83. The summed E-state index contributed by atoms with van der Waals surface area (Å²) < 4.78 is 12.2. The van der Waals surface area contributed by atoms with Crippen molar-refractivity contribution < 1.29 is 19.4 Å². The van der Waals surface area contributed by atoms with Crippen LogP contribution in [0, 0.1) is 23.2 Å². The molecule has 2 bridgehead atoms. The summed E-state index contributed by atoms with van der Waals surface area (Å²) in [5.74, 6) is -0.596. The van der Waals surface area contributed by atoms with E-state index >= 15 is 0 Å². The van der Waals surface area contributed by atoms with Crippen LogP contribution in [0.4, 0.5) is 5.69 Å². The number of aliphatic hydroxyl groups is 1. The van der Waals surface area contributed by atoms with Gasteiger partial charge in [-0.1, -0.05) is 11.6 Å². The zero-order valence-corrected chi connectivity index (χ0v) is 14.4. The standard InChI is InChI=1S/C18H17ClN2O4/c1-17-7-12(22)18(25-17)4-5-24-16-14(18)13(17)15(23)21(16)10-3-2-9(8-20)11(19)6-10/h2-3,6,12-14,16,22H,4-5,7H2,1H3/t12-,13+,14-,16-,17-,18-/m0/s1. The van der Waals surface area contributed by atoms with E-state index in [9.17, 15) is 9.90 Å². The second-order valence-corrected chi connectivity index (χ2v) is 8.00. The van der Waals surface area contributed by atoms with Crippen molar-refractivity contribution in [2.45, 2.75) is 43.3 Å². The van der Waals surface area contributed by atoms with Crippen molar-refractivity contribution in [2.75, 3.05) is 11.5 Å². The Morgan fingerprint density at radius 3 is 3.00 bits per heavy atom. The normalized spacial score (nSPS) is 44.1. The number of fused-ring (bicyclic) bond motifs is 2. The molecule has 25 heavy (non-hydrogen) atoms. The summed E-state index contributed by atoms with van der Waals surface area (Å²) in [7, 11) is 0. The van der Waals surface area contributed by atoms with Crippen LogP contribution in [0.25, 0.3) is 0 Å². The van der Waals surface area contributed by atoms with Gasteiger partial charge in [-0.3, -0.25) is 9.69 Å². The fourth-order valence-electron chi connectivity index (χ4n) is 5.42. The SMILES string of the molecule is C[C@]12C[C@H](O)[C@]3(CCO[C@H]4[C@@H]3[C@@H]1C(=O)N4c1ccc(C#N)c(Cl)c1)O2. The molecule has 7 heteroatoms. The van der Waals surface area contributed by atoms with Crippen molar-refractivity contribution in [3.05, 3.63) is 28.8 Å². The van der Waals surface area contributed by atoms with Crippen molar-refractivity contribution in [3.8, 4) is 6.07 Å². The number of carbonyl (C=O) groups excluding carboxylic acids is 1. The van der Waals surface area contributed by atoms with Gasteiger partial charge in [0.2, 0.25) is 5.91 Å². The molecular formula is C18H17ClN2O4. The molecule has 4 fully saturated rings. The highest BCUT2D eigenvalue weighted by Gasteiger charge is 2.78. The zero-order chi connectivity index (χ0) is 17.6. The third kappa shape index (κ3) is 1.72. The molecule has 4 aliphatic heterocycles. The Bertz CT molecular complexity index is 839. The van der Waals surface area contributed by atoms with Crippen LogP contribution in [0.2, 0.25) is 5.02 Å². The number of halogens is 1. The van der Waals surface area contributed by atoms with Gasteiger partial charge in [-0.25, -0.2) is 0 Å². The lowest BCUT2D eigenvalue weighted by molar-refractivity contribution is -0.163. The van der Waals surface area contributed by atoms with Gasteiger partial charge in [-0.2, -0.15) is 5.26 Å². The first-order valence-corrected chi connectivity index (χ1v) is 8.82. The molecule has 6 nitrogen and oxygen atoms in total. The molecule has 1 aromatic rings. The monoisotopic (exact) mass is 360 g/mol. The molecule has 4 aliphatic rings. The molecular weight excluding hydrogens is 344 g/mol. The largest absolute Gasteiger partial charge is 0.390 e. The predicted molar refractivity (Wildman–Crippen MR) is 87.8 cm³/mol. The maximum atomic E-state index is 13.3. The van der Waals surface area contributed by atoms with E-state index in [1.807, 2.05) is 13.0 Å². The highest BCUT2D eigenvalue weighted by Crippen LogP contribution is 2.65. The van der Waals surface area contributed by atoms with Crippen LogP contribution in [-0.2, 0) is 14.3 Å². The highest BCUT2D eigenvalue weighted by atomic mass is 35.5. The van der Waals surface area contributed by atoms with Crippen molar-refractivity contribution in [2.24, 2.45) is 11.8 Å². The first-order chi connectivity index (χ1) is 11.9. The van der Waals surface area contributed by atoms with Gasteiger partial charge in [-0.05, 0) is 25.1 Å². The zero-order valence-electron chi connectivity index (χ0n) is 13.6. The number of aliphatic hydroxyl groups excluding tert-OH is 1. The fourth-order valence-corrected chi connectivity index (χ4v) is 5.64. The second kappa shape index (κ2) is 4.74. The molecule has 0 unspecified atom stereocenters. The van der Waals surface area contributed by atoms with E-state index in [1.165, 1.54) is 0 Å². The number of carbonyl (C=O) groups is 1. The van der Waals surface area contributed by atoms with Crippen molar-refractivity contribution >= 4 is 23.2 Å². The number of amides is 1. The van der Waals surface area contributed by atoms with Gasteiger partial charge in [0, 0.05) is 18.5 Å². The fraction of sp³-hybridized carbons (Fsp3) is 0.556. The van der Waals surface area contributed by atoms with Crippen molar-refractivity contribution in [1.82, 2.24) is 0 Å². The van der Waals surface area contributed by atoms with Crippen molar-refractivity contribution in [3.63, 3.8) is 0 Å². The molecule has 4 saturated heterocycles. The van der Waals surface area contributed by atoms with Gasteiger partial charge in [0.1, 0.15) is 17.9 Å². The molecule has 1 spiro atoms. The van der Waals surface area contributed by atoms with E-state index in [-0.39, 0.29) is 17.7 Å². The summed E-state index contributed by atoms with van der Waals surface area (Å²) in [6.45, 7) is 2.34. The van der Waals surface area contributed by atoms with Crippen LogP contribution in [0.1, 0.15) is 25.3 Å². The molecule has 1 N–H and O–H groups in total. The van der Waals surface area contributed by atoms with Crippen LogP contribution in [0.3, 0.4) is 0 Å². The Morgan fingerprint density at radius 2 is 2.28 bits per heavy atom. The molecule has 130 valence electrons. The molecule has 5 rings (SSSR count). The van der Waals surface area contributed by atoms with Crippen LogP contribution >= 0.6 is 11.6 Å². The summed E-state index contributed by atoms with van der Waals surface area (Å²) in [6.07, 6.45) is 0.000110. The van der Waals surface area contributed by atoms with Gasteiger partial charge < -0.3 is 14.6 Å². The quantitative estimate of drug-likeness (QED) is 0.826. The number of ether oxygens (including phenoxy) is 2. The Morgan fingerprint density at radius 1 is 1.48 bits per heavy atom. The summed E-state index contributed by atoms with van der Waals surface area (Å²) in [6, 6.07) is 6.98. The molecule has 0 aliphatic carbocycles. The lowest BCUT2D eigenvalue weighted by Gasteiger charge is -2.43. The lowest BCUT2D eigenvalue weighted by atomic mass is 9.65. The number of anilines is 1. The van der Waals surface area contributed by atoms with E-state index in [1.54, 1.807) is 23.1 Å². The number of benzene rings is 1. The number of hydrogen-bond acceptors (Lipinski definition) is 5. The summed E-state index contributed by atoms with van der Waals surface area (Å²) >= 11 is 6.16. The van der Waals surface area contributed by atoms with E-state index in [0.717, 1.165) is 0 Å². The Hall–Kier alpha value is -1.65. The Kier molecular flexibility index (Phi) is 2.96. The highest BCUT2D eigenvalue weighted by molar-refractivity contribution is 6.32. The number of nitrogens with zero attached hydrogens (tertiary/aromatic N) is 2. The van der Waals surface area contributed by atoms with E-state index in [2.05, 4.69) is 0 Å². The average Bonchev–Trinajstić information content (AvgIpc) is 3.11. The minimum Gasteiger partial charge on any atom is -0.390 e. The minimum absolute atomic E-state index is 0.0612. The van der Waals surface area contributed by atoms with Gasteiger partial charge in [0.15, 0.2) is 0 Å². The van der Waals surface area contributed by atoms with E-state index in [0.29, 0.717) is 35.7 Å². The number of rotatable bonds is 1. The van der Waals surface area contributed by atoms with E-state index < -0.39 is 23.5 Å². The number of nitriles is 1. The van der Waals surface area contributed by atoms with Gasteiger partial charge in [-0.15, -0.1) is 0 Å². The van der Waals surface area contributed by atoms with Crippen LogP contribution in [0.15, 0.2) is 18.2 Å². The first-order valence-electron chi connectivity index (χ1n) is 8.44. The minimum atomic E-state index is -0.705. The summed E-state index contributed by atoms with van der Waals surface area (Å²) in [5.41, 5.74) is -0.395. The van der Waals surface area contributed by atoms with Gasteiger partial charge in [0.05, 0.1) is 40.7 Å². The van der Waals surface area contributed by atoms with Crippen LogP contribution < -0.4 is 4.90 Å². The Balaban J connectivity index is 1.62. The second-order valence-electron chi connectivity index (χ2n) is 7.59. The van der Waals surface area contributed by atoms with Crippen LogP contribution in [0.5, 0.6) is 0 Å². The Labute approximate surface area is 149 Å². The lowest BCUT2D eigenvalue weighted by Crippen LogP contribution is -2.56. The van der Waals surface area contributed by atoms with Crippen LogP contribution in [-0.4, -0.2) is 41.2 Å². The summed E-state index contributed by atoms with van der Waals surface area (Å²) in [5, 5.41) is 20.0. The first kappa shape index (κ1) is 15.6. The van der Waals surface area contributed by atoms with E-state index in [4.69, 9.17) is 26.3 Å². The number of hydrogen-bond donors (Lipinski definition) is 1. The molecule has 1 aromatic carbocycles. The van der Waals surface area contributed by atoms with Gasteiger partial charge >= 0.3 is 0 Å². The molecule has 0 aromatic heterocycles. The topological polar surface area (TPSA) is 82.8 Å². The maximum Gasteiger partial charge on any atom is 0.235 e. The summed E-state index contributed by atoms with van der Waals surface area (Å²) in [4.78, 5) is 14.9. The molecule has 0 radical (unpaired) electrons. The molecule has 1 amide bonds. The average molecular weight is 361 g/mol.